The van der Waals surface area contributed by atoms with E-state index >= 15 is 0 Å². The van der Waals surface area contributed by atoms with Gasteiger partial charge in [0.15, 0.2) is 0 Å². The zero-order valence-electron chi connectivity index (χ0n) is 17.9. The van der Waals surface area contributed by atoms with E-state index in [0.717, 1.165) is 49.7 Å². The number of amides is 1. The lowest BCUT2D eigenvalue weighted by molar-refractivity contribution is -0.131. The van der Waals surface area contributed by atoms with Crippen molar-refractivity contribution in [3.8, 4) is 5.75 Å². The van der Waals surface area contributed by atoms with Crippen molar-refractivity contribution in [2.45, 2.75) is 57.0 Å². The molecule has 1 atom stereocenters. The molecule has 5 nitrogen and oxygen atoms in total. The molecule has 158 valence electrons. The topological polar surface area (TPSA) is 44.8 Å². The fourth-order valence-electron chi connectivity index (χ4n) is 6.97. The molecule has 6 rings (SSSR count). The first kappa shape index (κ1) is 19.2. The molecule has 5 fully saturated rings. The summed E-state index contributed by atoms with van der Waals surface area (Å²) >= 11 is 0. The number of benzene rings is 1. The number of methoxy groups -OCH3 is 1. The predicted molar refractivity (Wildman–Crippen MR) is 115 cm³/mol. The Kier molecular flexibility index (Phi) is 4.97. The van der Waals surface area contributed by atoms with Crippen LogP contribution in [-0.4, -0.2) is 55.7 Å². The molecule has 29 heavy (non-hydrogen) atoms. The Hall–Kier alpha value is -1.75. The predicted octanol–water partition coefficient (Wildman–Crippen LogP) is 3.29. The van der Waals surface area contributed by atoms with Crippen molar-refractivity contribution < 1.29 is 9.53 Å². The van der Waals surface area contributed by atoms with E-state index in [0.29, 0.717) is 0 Å². The fraction of sp³-hybridized carbons (Fsp3) is 0.708. The Morgan fingerprint density at radius 3 is 2.28 bits per heavy atom. The minimum Gasteiger partial charge on any atom is -0.497 e. The summed E-state index contributed by atoms with van der Waals surface area (Å²) in [7, 11) is 1.71. The molecule has 5 aliphatic rings. The normalized spacial score (nSPS) is 34.8. The number of anilines is 1. The number of carbonyl (C=O) groups is 1. The highest BCUT2D eigenvalue weighted by atomic mass is 16.5. The summed E-state index contributed by atoms with van der Waals surface area (Å²) in [4.78, 5) is 17.9. The number of carbonyl (C=O) groups excluding carboxylic acids is 1. The second-order valence-corrected chi connectivity index (χ2v) is 10.1. The van der Waals surface area contributed by atoms with Crippen molar-refractivity contribution in [2.75, 3.05) is 38.2 Å². The van der Waals surface area contributed by atoms with Crippen LogP contribution in [0.3, 0.4) is 0 Å². The van der Waals surface area contributed by atoms with Gasteiger partial charge in [0.1, 0.15) is 5.75 Å². The van der Waals surface area contributed by atoms with Crippen LogP contribution in [0.5, 0.6) is 5.75 Å². The van der Waals surface area contributed by atoms with Crippen molar-refractivity contribution >= 4 is 11.6 Å². The largest absolute Gasteiger partial charge is 0.497 e. The zero-order chi connectivity index (χ0) is 20.0. The maximum absolute atomic E-state index is 13.2. The minimum absolute atomic E-state index is 0.0459. The molecule has 4 saturated carbocycles. The van der Waals surface area contributed by atoms with Crippen molar-refractivity contribution in [3.63, 3.8) is 0 Å². The molecule has 1 aromatic carbocycles. The van der Waals surface area contributed by atoms with Gasteiger partial charge in [-0.25, -0.2) is 0 Å². The number of ether oxygens (including phenoxy) is 1. The Morgan fingerprint density at radius 2 is 1.69 bits per heavy atom. The molecule has 0 radical (unpaired) electrons. The lowest BCUT2D eigenvalue weighted by Crippen LogP contribution is -2.63. The first-order chi connectivity index (χ1) is 14.0. The van der Waals surface area contributed by atoms with Crippen molar-refractivity contribution in [2.24, 2.45) is 17.8 Å². The maximum Gasteiger partial charge on any atom is 0.237 e. The maximum atomic E-state index is 13.2. The van der Waals surface area contributed by atoms with Crippen LogP contribution >= 0.6 is 0 Å². The third kappa shape index (κ3) is 3.74. The van der Waals surface area contributed by atoms with Crippen LogP contribution in [0.15, 0.2) is 24.3 Å². The van der Waals surface area contributed by atoms with Crippen LogP contribution in [0.2, 0.25) is 0 Å². The highest BCUT2D eigenvalue weighted by Crippen LogP contribution is 2.55. The Labute approximate surface area is 174 Å². The molecule has 0 aromatic heterocycles. The monoisotopic (exact) mass is 397 g/mol. The molecule has 0 unspecified atom stereocenters. The smallest absolute Gasteiger partial charge is 0.237 e. The van der Waals surface area contributed by atoms with Gasteiger partial charge in [-0.3, -0.25) is 9.69 Å². The summed E-state index contributed by atoms with van der Waals surface area (Å²) in [5.41, 5.74) is 1.32. The summed E-state index contributed by atoms with van der Waals surface area (Å²) in [6, 6.07) is 8.22. The van der Waals surface area contributed by atoms with Crippen LogP contribution in [0, 0.1) is 17.8 Å². The molecule has 5 heteroatoms. The van der Waals surface area contributed by atoms with Gasteiger partial charge in [-0.2, -0.15) is 0 Å². The third-order valence-corrected chi connectivity index (χ3v) is 8.09. The summed E-state index contributed by atoms with van der Waals surface area (Å²) in [6.07, 6.45) is 7.91. The standard InChI is InChI=1S/C24H35N3O2/c1-17(23(28)25-24-14-18-10-19(15-24)12-20(11-18)16-24)26-6-8-27(9-7-26)21-4-3-5-22(13-21)29-2/h3-5,13,17-20H,6-12,14-16H2,1-2H3,(H,25,28)/t17-,18?,19?,20?,24?/m1/s1. The number of nitrogens with zero attached hydrogens (tertiary/aromatic N) is 2. The van der Waals surface area contributed by atoms with E-state index in [2.05, 4.69) is 34.2 Å². The van der Waals surface area contributed by atoms with Gasteiger partial charge in [-0.1, -0.05) is 6.07 Å². The van der Waals surface area contributed by atoms with E-state index in [-0.39, 0.29) is 17.5 Å². The van der Waals surface area contributed by atoms with Gasteiger partial charge in [0.05, 0.1) is 13.2 Å². The highest BCUT2D eigenvalue weighted by molar-refractivity contribution is 5.82. The first-order valence-corrected chi connectivity index (χ1v) is 11.5. The molecule has 1 saturated heterocycles. The van der Waals surface area contributed by atoms with Gasteiger partial charge in [-0.05, 0) is 75.3 Å². The van der Waals surface area contributed by atoms with Gasteiger partial charge in [-0.15, -0.1) is 0 Å². The Bertz CT molecular complexity index is 721. The lowest BCUT2D eigenvalue weighted by Gasteiger charge is -2.57. The van der Waals surface area contributed by atoms with Crippen LogP contribution in [0.1, 0.15) is 45.4 Å². The van der Waals surface area contributed by atoms with Crippen LogP contribution in [-0.2, 0) is 4.79 Å². The quantitative estimate of drug-likeness (QED) is 0.828. The molecular formula is C24H35N3O2. The molecule has 1 N–H and O–H groups in total. The lowest BCUT2D eigenvalue weighted by atomic mass is 9.53. The van der Waals surface area contributed by atoms with Gasteiger partial charge in [0.2, 0.25) is 5.91 Å². The van der Waals surface area contributed by atoms with Gasteiger partial charge < -0.3 is 15.0 Å². The number of hydrogen-bond donors (Lipinski definition) is 1. The van der Waals surface area contributed by atoms with Crippen molar-refractivity contribution in [3.05, 3.63) is 24.3 Å². The summed E-state index contributed by atoms with van der Waals surface area (Å²) in [5, 5.41) is 3.57. The average Bonchev–Trinajstić information content (AvgIpc) is 2.72. The molecule has 1 aromatic rings. The molecule has 0 spiro atoms. The highest BCUT2D eigenvalue weighted by Gasteiger charge is 2.51. The number of piperazine rings is 1. The van der Waals surface area contributed by atoms with E-state index in [4.69, 9.17) is 4.74 Å². The summed E-state index contributed by atoms with van der Waals surface area (Å²) in [5.74, 6) is 3.74. The second kappa shape index (κ2) is 7.50. The molecule has 4 aliphatic carbocycles. The number of hydrogen-bond acceptors (Lipinski definition) is 4. The van der Waals surface area contributed by atoms with Crippen molar-refractivity contribution in [1.82, 2.24) is 10.2 Å². The van der Waals surface area contributed by atoms with Crippen LogP contribution in [0.25, 0.3) is 0 Å². The van der Waals surface area contributed by atoms with Crippen LogP contribution < -0.4 is 15.0 Å². The number of nitrogens with one attached hydrogen (secondary N) is 1. The van der Waals surface area contributed by atoms with E-state index in [9.17, 15) is 4.79 Å². The molecule has 1 amide bonds. The Morgan fingerprint density at radius 1 is 1.07 bits per heavy atom. The van der Waals surface area contributed by atoms with E-state index < -0.39 is 0 Å². The van der Waals surface area contributed by atoms with Gasteiger partial charge >= 0.3 is 0 Å². The van der Waals surface area contributed by atoms with E-state index in [1.807, 2.05) is 12.1 Å². The van der Waals surface area contributed by atoms with Gasteiger partial charge in [0.25, 0.3) is 0 Å². The first-order valence-electron chi connectivity index (χ1n) is 11.5. The Balaban J connectivity index is 1.17. The second-order valence-electron chi connectivity index (χ2n) is 10.1. The average molecular weight is 398 g/mol. The minimum atomic E-state index is -0.0459. The van der Waals surface area contributed by atoms with Crippen LogP contribution in [0.4, 0.5) is 5.69 Å². The summed E-state index contributed by atoms with van der Waals surface area (Å²) < 4.78 is 5.36. The number of rotatable bonds is 5. The molecule has 1 heterocycles. The fourth-order valence-corrected chi connectivity index (χ4v) is 6.97. The SMILES string of the molecule is COc1cccc(N2CCN([C@H](C)C(=O)NC34CC5CC(CC(C5)C3)C4)CC2)c1. The van der Waals surface area contributed by atoms with E-state index in [1.54, 1.807) is 7.11 Å². The van der Waals surface area contributed by atoms with Gasteiger partial charge in [0, 0.05) is 43.5 Å². The van der Waals surface area contributed by atoms with Crippen molar-refractivity contribution in [1.29, 1.82) is 0 Å². The van der Waals surface area contributed by atoms with E-state index in [1.165, 1.54) is 44.2 Å². The molecule has 4 bridgehead atoms. The molecular weight excluding hydrogens is 362 g/mol. The zero-order valence-corrected chi connectivity index (χ0v) is 17.9. The molecule has 1 aliphatic heterocycles. The summed E-state index contributed by atoms with van der Waals surface area (Å²) in [6.45, 7) is 5.83. The third-order valence-electron chi connectivity index (χ3n) is 8.09.